The molecular weight excluding hydrogens is 224 g/mol. The summed E-state index contributed by atoms with van der Waals surface area (Å²) in [5, 5.41) is 0. The fraction of sp³-hybridized carbons (Fsp3) is 0.562. The third kappa shape index (κ3) is 3.20. The van der Waals surface area contributed by atoms with Gasteiger partial charge in [-0.25, -0.2) is 0 Å². The Hall–Kier alpha value is -1.15. The number of carbonyl (C=O) groups is 1. The van der Waals surface area contributed by atoms with E-state index in [2.05, 4.69) is 38.1 Å². The second-order valence-corrected chi connectivity index (χ2v) is 5.26. The van der Waals surface area contributed by atoms with Crippen LogP contribution in [-0.2, 0) is 22.4 Å². The van der Waals surface area contributed by atoms with Gasteiger partial charge in [0, 0.05) is 25.6 Å². The van der Waals surface area contributed by atoms with E-state index in [0.29, 0.717) is 18.1 Å². The summed E-state index contributed by atoms with van der Waals surface area (Å²) in [5.74, 6) is 0.917. The molecule has 2 rings (SSSR count). The third-order valence-electron chi connectivity index (χ3n) is 3.86. The van der Waals surface area contributed by atoms with Crippen molar-refractivity contribution in [2.75, 3.05) is 13.2 Å². The first-order valence-corrected chi connectivity index (χ1v) is 6.89. The Bertz CT molecular complexity index is 394. The maximum absolute atomic E-state index is 12.3. The number of benzene rings is 1. The minimum Gasteiger partial charge on any atom is -0.381 e. The number of rotatable bonds is 4. The lowest BCUT2D eigenvalue weighted by Gasteiger charge is -2.27. The topological polar surface area (TPSA) is 26.3 Å². The van der Waals surface area contributed by atoms with Crippen LogP contribution in [0.5, 0.6) is 0 Å². The zero-order valence-electron chi connectivity index (χ0n) is 11.3. The molecule has 18 heavy (non-hydrogen) atoms. The molecule has 1 aliphatic rings. The number of hydrogen-bond donors (Lipinski definition) is 0. The van der Waals surface area contributed by atoms with Gasteiger partial charge in [-0.15, -0.1) is 0 Å². The quantitative estimate of drug-likeness (QED) is 0.816. The summed E-state index contributed by atoms with van der Waals surface area (Å²) >= 11 is 0. The summed E-state index contributed by atoms with van der Waals surface area (Å²) in [5.41, 5.74) is 2.46. The standard InChI is InChI=1S/C16H22O2/c1-3-13-4-6-14(7-5-13)10-16(17)15-8-9-18-11-12(15)2/h4-7,12,15H,3,8-11H2,1-2H3. The highest BCUT2D eigenvalue weighted by Gasteiger charge is 2.27. The zero-order valence-corrected chi connectivity index (χ0v) is 11.3. The first-order chi connectivity index (χ1) is 8.70. The van der Waals surface area contributed by atoms with E-state index in [1.165, 1.54) is 5.56 Å². The molecule has 0 saturated carbocycles. The van der Waals surface area contributed by atoms with E-state index in [4.69, 9.17) is 4.74 Å². The van der Waals surface area contributed by atoms with Gasteiger partial charge in [-0.05, 0) is 29.9 Å². The largest absolute Gasteiger partial charge is 0.381 e. The van der Waals surface area contributed by atoms with Crippen LogP contribution in [0.1, 0.15) is 31.4 Å². The van der Waals surface area contributed by atoms with E-state index in [9.17, 15) is 4.79 Å². The summed E-state index contributed by atoms with van der Waals surface area (Å²) in [4.78, 5) is 12.3. The van der Waals surface area contributed by atoms with Crippen LogP contribution in [0.15, 0.2) is 24.3 Å². The molecule has 2 heteroatoms. The van der Waals surface area contributed by atoms with Gasteiger partial charge < -0.3 is 4.74 Å². The molecule has 0 radical (unpaired) electrons. The van der Waals surface area contributed by atoms with E-state index in [1.807, 2.05) is 0 Å². The Morgan fingerprint density at radius 2 is 1.94 bits per heavy atom. The molecule has 98 valence electrons. The molecule has 1 heterocycles. The molecule has 0 aromatic heterocycles. The van der Waals surface area contributed by atoms with Crippen LogP contribution in [0.3, 0.4) is 0 Å². The molecule has 0 N–H and O–H groups in total. The summed E-state index contributed by atoms with van der Waals surface area (Å²) in [6.07, 6.45) is 2.50. The molecule has 0 spiro atoms. The van der Waals surface area contributed by atoms with Crippen LogP contribution in [0.2, 0.25) is 0 Å². The maximum Gasteiger partial charge on any atom is 0.140 e. The molecule has 0 amide bonds. The predicted octanol–water partition coefficient (Wildman–Crippen LogP) is 3.03. The summed E-state index contributed by atoms with van der Waals surface area (Å²) in [7, 11) is 0. The monoisotopic (exact) mass is 246 g/mol. The number of carbonyl (C=O) groups excluding carboxylic acids is 1. The number of aryl methyl sites for hydroxylation is 1. The van der Waals surface area contributed by atoms with Crippen LogP contribution in [-0.4, -0.2) is 19.0 Å². The fourth-order valence-corrected chi connectivity index (χ4v) is 2.58. The molecule has 0 bridgehead atoms. The number of ether oxygens (including phenoxy) is 1. The Balaban J connectivity index is 1.97. The van der Waals surface area contributed by atoms with Gasteiger partial charge in [-0.1, -0.05) is 38.1 Å². The predicted molar refractivity (Wildman–Crippen MR) is 72.6 cm³/mol. The first kappa shape index (κ1) is 13.3. The lowest BCUT2D eigenvalue weighted by Crippen LogP contribution is -2.32. The summed E-state index contributed by atoms with van der Waals surface area (Å²) in [6.45, 7) is 5.71. The molecule has 1 aliphatic heterocycles. The van der Waals surface area contributed by atoms with Gasteiger partial charge in [0.15, 0.2) is 0 Å². The Kier molecular flexibility index (Phi) is 4.54. The highest BCUT2D eigenvalue weighted by Crippen LogP contribution is 2.23. The van der Waals surface area contributed by atoms with Gasteiger partial charge in [-0.2, -0.15) is 0 Å². The third-order valence-corrected chi connectivity index (χ3v) is 3.86. The van der Waals surface area contributed by atoms with Crippen LogP contribution >= 0.6 is 0 Å². The lowest BCUT2D eigenvalue weighted by molar-refractivity contribution is -0.127. The van der Waals surface area contributed by atoms with Crippen LogP contribution in [0.25, 0.3) is 0 Å². The lowest BCUT2D eigenvalue weighted by atomic mass is 9.84. The van der Waals surface area contributed by atoms with E-state index in [-0.39, 0.29) is 5.92 Å². The molecule has 0 aliphatic carbocycles. The molecule has 1 saturated heterocycles. The fourth-order valence-electron chi connectivity index (χ4n) is 2.58. The molecule has 1 fully saturated rings. The van der Waals surface area contributed by atoms with E-state index < -0.39 is 0 Å². The van der Waals surface area contributed by atoms with Crippen molar-refractivity contribution in [3.8, 4) is 0 Å². The average molecular weight is 246 g/mol. The molecule has 1 aromatic carbocycles. The Labute approximate surface area is 109 Å². The van der Waals surface area contributed by atoms with E-state index in [1.54, 1.807) is 0 Å². The smallest absolute Gasteiger partial charge is 0.140 e. The van der Waals surface area contributed by atoms with Crippen molar-refractivity contribution in [3.63, 3.8) is 0 Å². The minimum atomic E-state index is 0.185. The molecule has 1 aromatic rings. The first-order valence-electron chi connectivity index (χ1n) is 6.89. The van der Waals surface area contributed by atoms with E-state index in [0.717, 1.165) is 31.6 Å². The van der Waals surface area contributed by atoms with Crippen molar-refractivity contribution >= 4 is 5.78 Å². The summed E-state index contributed by atoms with van der Waals surface area (Å²) < 4.78 is 5.39. The van der Waals surface area contributed by atoms with Gasteiger partial charge in [0.05, 0.1) is 0 Å². The number of ketones is 1. The van der Waals surface area contributed by atoms with Gasteiger partial charge in [0.2, 0.25) is 0 Å². The zero-order chi connectivity index (χ0) is 13.0. The van der Waals surface area contributed by atoms with Gasteiger partial charge in [0.1, 0.15) is 5.78 Å². The second-order valence-electron chi connectivity index (χ2n) is 5.26. The van der Waals surface area contributed by atoms with E-state index >= 15 is 0 Å². The minimum absolute atomic E-state index is 0.185. The molecule has 2 nitrogen and oxygen atoms in total. The highest BCUT2D eigenvalue weighted by atomic mass is 16.5. The van der Waals surface area contributed by atoms with Crippen molar-refractivity contribution in [1.82, 2.24) is 0 Å². The molecular formula is C16H22O2. The Morgan fingerprint density at radius 3 is 2.56 bits per heavy atom. The molecule has 2 atom stereocenters. The van der Waals surface area contributed by atoms with Gasteiger partial charge >= 0.3 is 0 Å². The van der Waals surface area contributed by atoms with Gasteiger partial charge in [-0.3, -0.25) is 4.79 Å². The van der Waals surface area contributed by atoms with Crippen LogP contribution < -0.4 is 0 Å². The summed E-state index contributed by atoms with van der Waals surface area (Å²) in [6, 6.07) is 8.41. The number of hydrogen-bond acceptors (Lipinski definition) is 2. The van der Waals surface area contributed by atoms with Gasteiger partial charge in [0.25, 0.3) is 0 Å². The highest BCUT2D eigenvalue weighted by molar-refractivity contribution is 5.83. The van der Waals surface area contributed by atoms with Crippen molar-refractivity contribution in [3.05, 3.63) is 35.4 Å². The molecule has 2 unspecified atom stereocenters. The SMILES string of the molecule is CCc1ccc(CC(=O)C2CCOCC2C)cc1. The van der Waals surface area contributed by atoms with Crippen LogP contribution in [0, 0.1) is 11.8 Å². The normalized spacial score (nSPS) is 23.9. The van der Waals surface area contributed by atoms with Crippen molar-refractivity contribution in [1.29, 1.82) is 0 Å². The van der Waals surface area contributed by atoms with Crippen molar-refractivity contribution < 1.29 is 9.53 Å². The average Bonchev–Trinajstić information content (AvgIpc) is 2.40. The second kappa shape index (κ2) is 6.14. The maximum atomic E-state index is 12.3. The van der Waals surface area contributed by atoms with Crippen molar-refractivity contribution in [2.45, 2.75) is 33.1 Å². The number of Topliss-reactive ketones (excluding diaryl/α,β-unsaturated/α-hetero) is 1. The Morgan fingerprint density at radius 1 is 1.28 bits per heavy atom. The van der Waals surface area contributed by atoms with Crippen LogP contribution in [0.4, 0.5) is 0 Å². The van der Waals surface area contributed by atoms with Crippen molar-refractivity contribution in [2.24, 2.45) is 11.8 Å².